The average Bonchev–Trinajstić information content (AvgIpc) is 3.01. The van der Waals surface area contributed by atoms with Crippen molar-refractivity contribution in [3.8, 4) is 11.4 Å². The first-order valence-corrected chi connectivity index (χ1v) is 9.29. The Labute approximate surface area is 165 Å². The van der Waals surface area contributed by atoms with Crippen LogP contribution in [0.1, 0.15) is 39.8 Å². The molecule has 1 N–H and O–H groups in total. The van der Waals surface area contributed by atoms with E-state index >= 15 is 0 Å². The van der Waals surface area contributed by atoms with Crippen molar-refractivity contribution < 1.29 is 9.53 Å². The Balaban J connectivity index is 1.81. The quantitative estimate of drug-likeness (QED) is 0.512. The number of nitrogens with zero attached hydrogens (tertiary/aromatic N) is 2. The molecule has 0 bridgehead atoms. The Morgan fingerprint density at radius 2 is 1.93 bits per heavy atom. The maximum atomic E-state index is 12.3. The molecule has 1 amide bonds. The van der Waals surface area contributed by atoms with Crippen LogP contribution in [0.2, 0.25) is 0 Å². The minimum Gasteiger partial charge on any atom is -0.497 e. The number of carbonyl (C=O) groups is 1. The Morgan fingerprint density at radius 3 is 2.68 bits per heavy atom. The van der Waals surface area contributed by atoms with Crippen LogP contribution in [0.4, 0.5) is 0 Å². The number of rotatable bonds is 6. The van der Waals surface area contributed by atoms with Crippen LogP contribution in [0.5, 0.6) is 5.75 Å². The molecule has 0 saturated heterocycles. The number of methoxy groups -OCH3 is 1. The number of aryl methyl sites for hydroxylation is 2. The van der Waals surface area contributed by atoms with E-state index in [1.807, 2.05) is 0 Å². The van der Waals surface area contributed by atoms with E-state index in [1.165, 1.54) is 11.3 Å². The zero-order chi connectivity index (χ0) is 20.1. The van der Waals surface area contributed by atoms with E-state index < -0.39 is 0 Å². The normalized spacial score (nSPS) is 11.0. The van der Waals surface area contributed by atoms with Crippen molar-refractivity contribution in [1.29, 1.82) is 0 Å². The van der Waals surface area contributed by atoms with Gasteiger partial charge in [0.1, 0.15) is 5.75 Å². The number of hydrogen-bond acceptors (Lipinski definition) is 3. The first kappa shape index (κ1) is 19.4. The predicted molar refractivity (Wildman–Crippen MR) is 113 cm³/mol. The van der Waals surface area contributed by atoms with Gasteiger partial charge in [0.15, 0.2) is 0 Å². The van der Waals surface area contributed by atoms with Crippen LogP contribution < -0.4 is 10.2 Å². The topological polar surface area (TPSA) is 55.6 Å². The highest BCUT2D eigenvalue weighted by molar-refractivity contribution is 5.95. The van der Waals surface area contributed by atoms with Crippen LogP contribution in [-0.4, -0.2) is 23.8 Å². The fourth-order valence-corrected chi connectivity index (χ4v) is 3.31. The van der Waals surface area contributed by atoms with E-state index in [1.54, 1.807) is 37.6 Å². The Bertz CT molecular complexity index is 1020. The lowest BCUT2D eigenvalue weighted by Crippen LogP contribution is -2.17. The summed E-state index contributed by atoms with van der Waals surface area (Å²) in [6, 6.07) is 17.4. The summed E-state index contributed by atoms with van der Waals surface area (Å²) < 4.78 is 7.38. The van der Waals surface area contributed by atoms with Crippen molar-refractivity contribution in [3.63, 3.8) is 0 Å². The van der Waals surface area contributed by atoms with E-state index in [4.69, 9.17) is 4.74 Å². The van der Waals surface area contributed by atoms with Crippen LogP contribution in [0, 0.1) is 13.8 Å². The highest BCUT2D eigenvalue weighted by Gasteiger charge is 2.12. The molecule has 28 heavy (non-hydrogen) atoms. The molecule has 0 aliphatic heterocycles. The zero-order valence-corrected chi connectivity index (χ0v) is 16.7. The monoisotopic (exact) mass is 375 g/mol. The van der Waals surface area contributed by atoms with Gasteiger partial charge in [-0.05, 0) is 56.2 Å². The molecule has 5 heteroatoms. The molecular weight excluding hydrogens is 350 g/mol. The largest absolute Gasteiger partial charge is 0.497 e. The molecule has 0 atom stereocenters. The summed E-state index contributed by atoms with van der Waals surface area (Å²) in [6.45, 7) is 6.29. The van der Waals surface area contributed by atoms with E-state index in [9.17, 15) is 4.79 Å². The molecule has 3 aromatic rings. The molecule has 3 rings (SSSR count). The fourth-order valence-electron chi connectivity index (χ4n) is 3.31. The van der Waals surface area contributed by atoms with Gasteiger partial charge in [0, 0.05) is 28.2 Å². The summed E-state index contributed by atoms with van der Waals surface area (Å²) in [5.41, 5.74) is 8.73. The number of aromatic nitrogens is 1. The van der Waals surface area contributed by atoms with Crippen LogP contribution in [-0.2, 0) is 6.42 Å². The van der Waals surface area contributed by atoms with E-state index in [0.29, 0.717) is 11.3 Å². The van der Waals surface area contributed by atoms with Gasteiger partial charge in [-0.25, -0.2) is 5.43 Å². The van der Waals surface area contributed by atoms with Gasteiger partial charge in [0.25, 0.3) is 5.91 Å². The van der Waals surface area contributed by atoms with E-state index in [-0.39, 0.29) is 5.91 Å². The Hall–Kier alpha value is -3.34. The SMILES string of the molecule is CCc1ccccc1-n1c(C)cc(/C=N\NC(=O)c2cccc(OC)c2)c1C. The third-order valence-corrected chi connectivity index (χ3v) is 4.79. The Morgan fingerprint density at radius 1 is 1.14 bits per heavy atom. The second kappa shape index (κ2) is 8.57. The maximum absolute atomic E-state index is 12.3. The van der Waals surface area contributed by atoms with Gasteiger partial charge in [-0.15, -0.1) is 0 Å². The number of para-hydroxylation sites is 1. The summed E-state index contributed by atoms with van der Waals surface area (Å²) >= 11 is 0. The molecule has 144 valence electrons. The lowest BCUT2D eigenvalue weighted by Gasteiger charge is -2.13. The summed E-state index contributed by atoms with van der Waals surface area (Å²) in [5.74, 6) is 0.357. The van der Waals surface area contributed by atoms with Crippen molar-refractivity contribution in [2.75, 3.05) is 7.11 Å². The standard InChI is InChI=1S/C23H25N3O2/c1-5-18-9-6-7-12-22(18)26-16(2)13-20(17(26)3)15-24-25-23(27)19-10-8-11-21(14-19)28-4/h6-15H,5H2,1-4H3,(H,25,27)/b24-15-. The Kier molecular flexibility index (Phi) is 5.94. The van der Waals surface area contributed by atoms with E-state index in [0.717, 1.165) is 23.4 Å². The molecule has 0 unspecified atom stereocenters. The molecule has 0 aliphatic carbocycles. The molecule has 2 aromatic carbocycles. The van der Waals surface area contributed by atoms with Crippen LogP contribution in [0.15, 0.2) is 59.7 Å². The zero-order valence-electron chi connectivity index (χ0n) is 16.7. The van der Waals surface area contributed by atoms with Gasteiger partial charge < -0.3 is 9.30 Å². The van der Waals surface area contributed by atoms with E-state index in [2.05, 4.69) is 66.2 Å². The molecule has 0 saturated carbocycles. The number of hydrogen-bond donors (Lipinski definition) is 1. The first-order chi connectivity index (χ1) is 13.5. The fraction of sp³-hybridized carbons (Fsp3) is 0.217. The number of hydrazone groups is 1. The lowest BCUT2D eigenvalue weighted by atomic mass is 10.1. The number of ether oxygens (including phenoxy) is 1. The van der Waals surface area contributed by atoms with Gasteiger partial charge in [-0.2, -0.15) is 5.10 Å². The summed E-state index contributed by atoms with van der Waals surface area (Å²) in [4.78, 5) is 12.3. The summed E-state index contributed by atoms with van der Waals surface area (Å²) in [6.07, 6.45) is 2.65. The van der Waals surface area contributed by atoms with Gasteiger partial charge in [0.05, 0.1) is 13.3 Å². The van der Waals surface area contributed by atoms with Crippen molar-refractivity contribution in [1.82, 2.24) is 9.99 Å². The van der Waals surface area contributed by atoms with Crippen LogP contribution in [0.25, 0.3) is 5.69 Å². The van der Waals surface area contributed by atoms with Crippen molar-refractivity contribution in [2.24, 2.45) is 5.10 Å². The molecule has 1 aromatic heterocycles. The molecule has 0 radical (unpaired) electrons. The summed E-state index contributed by atoms with van der Waals surface area (Å²) in [5, 5.41) is 4.15. The predicted octanol–water partition coefficient (Wildman–Crippen LogP) is 4.43. The van der Waals surface area contributed by atoms with Gasteiger partial charge in [0.2, 0.25) is 0 Å². The average molecular weight is 375 g/mol. The molecule has 5 nitrogen and oxygen atoms in total. The van der Waals surface area contributed by atoms with Gasteiger partial charge >= 0.3 is 0 Å². The smallest absolute Gasteiger partial charge is 0.271 e. The third kappa shape index (κ3) is 3.98. The molecule has 0 aliphatic rings. The minimum atomic E-state index is -0.278. The number of benzene rings is 2. The second-order valence-electron chi connectivity index (χ2n) is 6.58. The van der Waals surface area contributed by atoms with Gasteiger partial charge in [-0.1, -0.05) is 31.2 Å². The highest BCUT2D eigenvalue weighted by atomic mass is 16.5. The molecule has 1 heterocycles. The molecule has 0 spiro atoms. The second-order valence-corrected chi connectivity index (χ2v) is 6.58. The molecule has 0 fully saturated rings. The minimum absolute atomic E-state index is 0.278. The van der Waals surface area contributed by atoms with Crippen LogP contribution >= 0.6 is 0 Å². The lowest BCUT2D eigenvalue weighted by molar-refractivity contribution is 0.0955. The van der Waals surface area contributed by atoms with Crippen molar-refractivity contribution in [3.05, 3.63) is 82.7 Å². The number of nitrogens with one attached hydrogen (secondary N) is 1. The van der Waals surface area contributed by atoms with Crippen LogP contribution in [0.3, 0.4) is 0 Å². The maximum Gasteiger partial charge on any atom is 0.271 e. The third-order valence-electron chi connectivity index (χ3n) is 4.79. The van der Waals surface area contributed by atoms with Crippen molar-refractivity contribution >= 4 is 12.1 Å². The van der Waals surface area contributed by atoms with Gasteiger partial charge in [-0.3, -0.25) is 4.79 Å². The summed E-state index contributed by atoms with van der Waals surface area (Å²) in [7, 11) is 1.57. The first-order valence-electron chi connectivity index (χ1n) is 9.29. The van der Waals surface area contributed by atoms with Crippen molar-refractivity contribution in [2.45, 2.75) is 27.2 Å². The molecular formula is C23H25N3O2. The highest BCUT2D eigenvalue weighted by Crippen LogP contribution is 2.23. The number of amides is 1. The number of carbonyl (C=O) groups excluding carboxylic acids is 1.